The van der Waals surface area contributed by atoms with Crippen LogP contribution in [0.5, 0.6) is 0 Å². The highest BCUT2D eigenvalue weighted by Crippen LogP contribution is 2.32. The summed E-state index contributed by atoms with van der Waals surface area (Å²) >= 11 is 0. The molecule has 0 bridgehead atoms. The number of aliphatic hydroxyl groups excluding tert-OH is 1. The second-order valence-corrected chi connectivity index (χ2v) is 5.64. The van der Waals surface area contributed by atoms with Gasteiger partial charge in [-0.05, 0) is 45.2 Å². The van der Waals surface area contributed by atoms with Crippen molar-refractivity contribution in [1.82, 2.24) is 10.2 Å². The van der Waals surface area contributed by atoms with Gasteiger partial charge in [0, 0.05) is 12.0 Å². The van der Waals surface area contributed by atoms with Crippen molar-refractivity contribution in [2.45, 2.75) is 45.1 Å². The lowest BCUT2D eigenvalue weighted by atomic mass is 9.79. The Morgan fingerprint density at radius 2 is 2.12 bits per heavy atom. The molecular weight excluding hydrogens is 216 g/mol. The molecule has 0 aromatic heterocycles. The van der Waals surface area contributed by atoms with E-state index in [1.54, 1.807) is 0 Å². The summed E-state index contributed by atoms with van der Waals surface area (Å²) in [4.78, 5) is 14.6. The first-order chi connectivity index (χ1) is 8.17. The largest absolute Gasteiger partial charge is 0.394 e. The minimum absolute atomic E-state index is 0.0583. The van der Waals surface area contributed by atoms with E-state index in [0.717, 1.165) is 51.7 Å². The molecule has 2 saturated heterocycles. The van der Waals surface area contributed by atoms with Crippen LogP contribution in [-0.4, -0.2) is 48.2 Å². The summed E-state index contributed by atoms with van der Waals surface area (Å²) in [5.41, 5.74) is -0.212. The van der Waals surface area contributed by atoms with Gasteiger partial charge in [0.2, 0.25) is 5.91 Å². The van der Waals surface area contributed by atoms with Crippen molar-refractivity contribution >= 4 is 5.91 Å². The maximum atomic E-state index is 12.6. The van der Waals surface area contributed by atoms with E-state index in [2.05, 4.69) is 12.2 Å². The zero-order valence-electron chi connectivity index (χ0n) is 10.7. The van der Waals surface area contributed by atoms with E-state index in [4.69, 9.17) is 0 Å². The number of rotatable bonds is 2. The molecule has 0 spiro atoms. The number of piperidine rings is 2. The zero-order chi connectivity index (χ0) is 12.3. The summed E-state index contributed by atoms with van der Waals surface area (Å²) in [6.07, 6.45) is 5.00. The summed E-state index contributed by atoms with van der Waals surface area (Å²) < 4.78 is 0. The fourth-order valence-corrected chi connectivity index (χ4v) is 3.00. The number of nitrogens with zero attached hydrogens (tertiary/aromatic N) is 1. The third kappa shape index (κ3) is 2.63. The highest BCUT2D eigenvalue weighted by molar-refractivity contribution is 5.83. The fraction of sp³-hybridized carbons (Fsp3) is 0.923. The molecule has 2 rings (SSSR count). The molecule has 0 saturated carbocycles. The van der Waals surface area contributed by atoms with Crippen LogP contribution >= 0.6 is 0 Å². The first kappa shape index (κ1) is 12.8. The first-order valence-electron chi connectivity index (χ1n) is 6.80. The van der Waals surface area contributed by atoms with Crippen LogP contribution < -0.4 is 5.32 Å². The summed E-state index contributed by atoms with van der Waals surface area (Å²) in [7, 11) is 0. The van der Waals surface area contributed by atoms with E-state index < -0.39 is 0 Å². The lowest BCUT2D eigenvalue weighted by molar-refractivity contribution is -0.147. The van der Waals surface area contributed by atoms with E-state index in [-0.39, 0.29) is 24.0 Å². The molecule has 0 aromatic carbocycles. The Hall–Kier alpha value is -0.610. The maximum Gasteiger partial charge on any atom is 0.228 e. The SMILES string of the molecule is CC1(C(=O)N2CCCCC2CO)CCNCC1. The third-order valence-corrected chi connectivity index (χ3v) is 4.32. The molecule has 2 heterocycles. The second-order valence-electron chi connectivity index (χ2n) is 5.64. The van der Waals surface area contributed by atoms with E-state index in [9.17, 15) is 9.90 Å². The van der Waals surface area contributed by atoms with Gasteiger partial charge in [0.1, 0.15) is 0 Å². The van der Waals surface area contributed by atoms with Crippen LogP contribution in [0, 0.1) is 5.41 Å². The molecule has 2 N–H and O–H groups in total. The smallest absolute Gasteiger partial charge is 0.228 e. The zero-order valence-corrected chi connectivity index (χ0v) is 10.7. The number of hydrogen-bond acceptors (Lipinski definition) is 3. The number of aliphatic hydroxyl groups is 1. The quantitative estimate of drug-likeness (QED) is 0.749. The van der Waals surface area contributed by atoms with Gasteiger partial charge in [-0.3, -0.25) is 4.79 Å². The normalized spacial score (nSPS) is 29.1. The molecule has 1 unspecified atom stereocenters. The summed E-state index contributed by atoms with van der Waals surface area (Å²) in [5, 5.41) is 12.7. The van der Waals surface area contributed by atoms with Gasteiger partial charge in [0.05, 0.1) is 12.6 Å². The average Bonchev–Trinajstić information content (AvgIpc) is 2.38. The maximum absolute atomic E-state index is 12.6. The van der Waals surface area contributed by atoms with E-state index in [0.29, 0.717) is 0 Å². The van der Waals surface area contributed by atoms with Gasteiger partial charge in [0.15, 0.2) is 0 Å². The number of amides is 1. The van der Waals surface area contributed by atoms with Crippen molar-refractivity contribution in [1.29, 1.82) is 0 Å². The molecule has 2 aliphatic heterocycles. The number of carbonyl (C=O) groups is 1. The number of carbonyl (C=O) groups excluding carboxylic acids is 1. The summed E-state index contributed by atoms with van der Waals surface area (Å²) in [6.45, 7) is 4.88. The Morgan fingerprint density at radius 1 is 1.41 bits per heavy atom. The number of hydrogen-bond donors (Lipinski definition) is 2. The Bertz CT molecular complexity index is 275. The van der Waals surface area contributed by atoms with Gasteiger partial charge in [-0.15, -0.1) is 0 Å². The van der Waals surface area contributed by atoms with Crippen LogP contribution in [0.1, 0.15) is 39.0 Å². The van der Waals surface area contributed by atoms with Crippen LogP contribution in [0.3, 0.4) is 0 Å². The number of nitrogens with one attached hydrogen (secondary N) is 1. The van der Waals surface area contributed by atoms with E-state index >= 15 is 0 Å². The molecule has 1 amide bonds. The van der Waals surface area contributed by atoms with Crippen molar-refractivity contribution < 1.29 is 9.90 Å². The number of likely N-dealkylation sites (tertiary alicyclic amines) is 1. The molecular formula is C13H24N2O2. The average molecular weight is 240 g/mol. The lowest BCUT2D eigenvalue weighted by Gasteiger charge is -2.42. The molecule has 17 heavy (non-hydrogen) atoms. The molecule has 0 aliphatic carbocycles. The van der Waals surface area contributed by atoms with Crippen LogP contribution in [0.4, 0.5) is 0 Å². The predicted octanol–water partition coefficient (Wildman–Crippen LogP) is 0.750. The van der Waals surface area contributed by atoms with Gasteiger partial charge in [0.25, 0.3) is 0 Å². The van der Waals surface area contributed by atoms with Gasteiger partial charge in [-0.2, -0.15) is 0 Å². The van der Waals surface area contributed by atoms with Gasteiger partial charge in [-0.1, -0.05) is 6.92 Å². The Kier molecular flexibility index (Phi) is 4.05. The molecule has 98 valence electrons. The van der Waals surface area contributed by atoms with Crippen molar-refractivity contribution in [2.24, 2.45) is 5.41 Å². The Balaban J connectivity index is 2.06. The standard InChI is InChI=1S/C13H24N2O2/c1-13(5-7-14-8-6-13)12(17)15-9-3-2-4-11(15)10-16/h11,14,16H,2-10H2,1H3. The lowest BCUT2D eigenvalue weighted by Crippen LogP contribution is -2.53. The highest BCUT2D eigenvalue weighted by atomic mass is 16.3. The second kappa shape index (κ2) is 5.36. The molecule has 2 aliphatic rings. The predicted molar refractivity (Wildman–Crippen MR) is 66.6 cm³/mol. The third-order valence-electron chi connectivity index (χ3n) is 4.32. The van der Waals surface area contributed by atoms with Crippen molar-refractivity contribution in [3.63, 3.8) is 0 Å². The van der Waals surface area contributed by atoms with Crippen molar-refractivity contribution in [3.8, 4) is 0 Å². The van der Waals surface area contributed by atoms with Gasteiger partial charge in [-0.25, -0.2) is 0 Å². The van der Waals surface area contributed by atoms with Crippen LogP contribution in [0.15, 0.2) is 0 Å². The molecule has 2 fully saturated rings. The van der Waals surface area contributed by atoms with Crippen molar-refractivity contribution in [3.05, 3.63) is 0 Å². The summed E-state index contributed by atoms with van der Waals surface area (Å²) in [5.74, 6) is 0.262. The van der Waals surface area contributed by atoms with Crippen LogP contribution in [0.2, 0.25) is 0 Å². The van der Waals surface area contributed by atoms with Crippen LogP contribution in [-0.2, 0) is 4.79 Å². The highest BCUT2D eigenvalue weighted by Gasteiger charge is 2.40. The molecule has 1 atom stereocenters. The monoisotopic (exact) mass is 240 g/mol. The van der Waals surface area contributed by atoms with Gasteiger partial charge >= 0.3 is 0 Å². The fourth-order valence-electron chi connectivity index (χ4n) is 3.00. The first-order valence-corrected chi connectivity index (χ1v) is 6.80. The minimum atomic E-state index is -0.212. The minimum Gasteiger partial charge on any atom is -0.394 e. The Labute approximate surface area is 103 Å². The van der Waals surface area contributed by atoms with Crippen molar-refractivity contribution in [2.75, 3.05) is 26.2 Å². The summed E-state index contributed by atoms with van der Waals surface area (Å²) in [6, 6.07) is 0.0583. The molecule has 4 heteroatoms. The molecule has 0 aromatic rings. The molecule has 4 nitrogen and oxygen atoms in total. The van der Waals surface area contributed by atoms with E-state index in [1.807, 2.05) is 4.90 Å². The van der Waals surface area contributed by atoms with Crippen LogP contribution in [0.25, 0.3) is 0 Å². The van der Waals surface area contributed by atoms with Gasteiger partial charge < -0.3 is 15.3 Å². The molecule has 0 radical (unpaired) electrons. The Morgan fingerprint density at radius 3 is 2.76 bits per heavy atom. The topological polar surface area (TPSA) is 52.6 Å². The van der Waals surface area contributed by atoms with E-state index in [1.165, 1.54) is 0 Å².